The van der Waals surface area contributed by atoms with Crippen LogP contribution in [0.25, 0.3) is 0 Å². The normalized spacial score (nSPS) is 17.2. The summed E-state index contributed by atoms with van der Waals surface area (Å²) in [6.45, 7) is 6.43. The first-order valence-corrected chi connectivity index (χ1v) is 8.19. The van der Waals surface area contributed by atoms with Crippen LogP contribution in [0.1, 0.15) is 23.1 Å². The van der Waals surface area contributed by atoms with Crippen molar-refractivity contribution in [2.75, 3.05) is 16.8 Å². The van der Waals surface area contributed by atoms with Gasteiger partial charge in [0.25, 0.3) is 0 Å². The van der Waals surface area contributed by atoms with E-state index in [0.717, 1.165) is 28.1 Å². The number of hydrogen-bond donors (Lipinski definition) is 1. The van der Waals surface area contributed by atoms with E-state index in [4.69, 9.17) is 0 Å². The fraction of sp³-hybridized carbons (Fsp3) is 0.300. The molecule has 1 aliphatic rings. The number of aryl methyl sites for hydroxylation is 3. The molecule has 1 aliphatic heterocycles. The van der Waals surface area contributed by atoms with Gasteiger partial charge in [-0.3, -0.25) is 9.59 Å². The number of amides is 2. The number of carbonyl (C=O) groups is 2. The van der Waals surface area contributed by atoms with Crippen molar-refractivity contribution in [2.45, 2.75) is 27.2 Å². The van der Waals surface area contributed by atoms with Gasteiger partial charge in [-0.15, -0.1) is 0 Å². The summed E-state index contributed by atoms with van der Waals surface area (Å²) in [6, 6.07) is 13.7. The van der Waals surface area contributed by atoms with Gasteiger partial charge in [0.1, 0.15) is 0 Å². The molecule has 1 fully saturated rings. The number of hydrogen-bond acceptors (Lipinski definition) is 2. The van der Waals surface area contributed by atoms with E-state index < -0.39 is 0 Å². The van der Waals surface area contributed by atoms with Gasteiger partial charge in [-0.2, -0.15) is 0 Å². The highest BCUT2D eigenvalue weighted by Crippen LogP contribution is 2.29. The molecule has 0 spiro atoms. The Bertz CT molecular complexity index is 781. The fourth-order valence-corrected chi connectivity index (χ4v) is 3.01. The second-order valence-corrected chi connectivity index (χ2v) is 6.55. The van der Waals surface area contributed by atoms with Crippen LogP contribution in [-0.4, -0.2) is 18.4 Å². The number of nitrogens with one attached hydrogen (secondary N) is 1. The lowest BCUT2D eigenvalue weighted by atomic mass is 10.1. The first-order chi connectivity index (χ1) is 11.4. The van der Waals surface area contributed by atoms with Crippen molar-refractivity contribution in [1.82, 2.24) is 0 Å². The minimum absolute atomic E-state index is 0.00718. The number of rotatable bonds is 3. The number of benzene rings is 2. The van der Waals surface area contributed by atoms with Gasteiger partial charge >= 0.3 is 0 Å². The van der Waals surface area contributed by atoms with E-state index in [2.05, 4.69) is 5.32 Å². The van der Waals surface area contributed by atoms with Crippen LogP contribution >= 0.6 is 0 Å². The molecule has 24 heavy (non-hydrogen) atoms. The van der Waals surface area contributed by atoms with Gasteiger partial charge in [-0.25, -0.2) is 0 Å². The van der Waals surface area contributed by atoms with Gasteiger partial charge in [-0.1, -0.05) is 29.8 Å². The van der Waals surface area contributed by atoms with Crippen LogP contribution in [0, 0.1) is 26.7 Å². The first kappa shape index (κ1) is 16.2. The van der Waals surface area contributed by atoms with E-state index in [1.54, 1.807) is 4.90 Å². The average Bonchev–Trinajstić information content (AvgIpc) is 2.94. The Morgan fingerprint density at radius 3 is 2.42 bits per heavy atom. The van der Waals surface area contributed by atoms with Gasteiger partial charge in [0.15, 0.2) is 0 Å². The van der Waals surface area contributed by atoms with E-state index in [0.29, 0.717) is 6.54 Å². The maximum Gasteiger partial charge on any atom is 0.229 e. The molecule has 2 aromatic carbocycles. The molecule has 4 heteroatoms. The molecular formula is C20H22N2O2. The van der Waals surface area contributed by atoms with E-state index in [1.165, 1.54) is 0 Å². The summed E-state index contributed by atoms with van der Waals surface area (Å²) in [5, 5.41) is 2.91. The van der Waals surface area contributed by atoms with Crippen molar-refractivity contribution >= 4 is 23.2 Å². The maximum atomic E-state index is 12.5. The van der Waals surface area contributed by atoms with Gasteiger partial charge in [0.2, 0.25) is 11.8 Å². The third-order valence-corrected chi connectivity index (χ3v) is 4.47. The van der Waals surface area contributed by atoms with E-state index in [-0.39, 0.29) is 24.2 Å². The highest BCUT2D eigenvalue weighted by molar-refractivity contribution is 6.03. The molecule has 1 heterocycles. The van der Waals surface area contributed by atoms with Gasteiger partial charge in [-0.05, 0) is 50.1 Å². The molecule has 3 rings (SSSR count). The summed E-state index contributed by atoms with van der Waals surface area (Å²) < 4.78 is 0. The zero-order valence-corrected chi connectivity index (χ0v) is 14.3. The summed E-state index contributed by atoms with van der Waals surface area (Å²) in [7, 11) is 0. The van der Waals surface area contributed by atoms with Crippen molar-refractivity contribution in [3.8, 4) is 0 Å². The van der Waals surface area contributed by atoms with Gasteiger partial charge < -0.3 is 10.2 Å². The average molecular weight is 322 g/mol. The van der Waals surface area contributed by atoms with Crippen molar-refractivity contribution in [3.05, 3.63) is 59.2 Å². The van der Waals surface area contributed by atoms with Crippen LogP contribution in [-0.2, 0) is 9.59 Å². The highest BCUT2D eigenvalue weighted by atomic mass is 16.2. The van der Waals surface area contributed by atoms with Crippen molar-refractivity contribution in [3.63, 3.8) is 0 Å². The molecule has 4 nitrogen and oxygen atoms in total. The zero-order valence-electron chi connectivity index (χ0n) is 14.3. The fourth-order valence-electron chi connectivity index (χ4n) is 3.01. The van der Waals surface area contributed by atoms with Crippen LogP contribution in [0.3, 0.4) is 0 Å². The highest BCUT2D eigenvalue weighted by Gasteiger charge is 2.35. The molecule has 2 aromatic rings. The predicted octanol–water partition coefficient (Wildman–Crippen LogP) is 3.60. The van der Waals surface area contributed by atoms with Crippen LogP contribution in [0.5, 0.6) is 0 Å². The minimum atomic E-state index is -0.321. The summed E-state index contributed by atoms with van der Waals surface area (Å²) in [5.41, 5.74) is 4.98. The monoisotopic (exact) mass is 322 g/mol. The Morgan fingerprint density at radius 1 is 1.04 bits per heavy atom. The third kappa shape index (κ3) is 3.32. The van der Waals surface area contributed by atoms with Crippen LogP contribution in [0.2, 0.25) is 0 Å². The molecule has 1 unspecified atom stereocenters. The molecule has 1 atom stereocenters. The third-order valence-electron chi connectivity index (χ3n) is 4.47. The lowest BCUT2D eigenvalue weighted by Gasteiger charge is -2.19. The molecule has 0 aliphatic carbocycles. The zero-order chi connectivity index (χ0) is 17.3. The van der Waals surface area contributed by atoms with E-state index in [9.17, 15) is 9.59 Å². The molecule has 0 aromatic heterocycles. The largest absolute Gasteiger partial charge is 0.326 e. The Labute approximate surface area is 142 Å². The van der Waals surface area contributed by atoms with Crippen LogP contribution in [0.15, 0.2) is 42.5 Å². The SMILES string of the molecule is Cc1ccc(NC(=O)C2CC(=O)N(c3cc(C)ccc3C)C2)cc1. The van der Waals surface area contributed by atoms with Crippen molar-refractivity contribution in [1.29, 1.82) is 0 Å². The smallest absolute Gasteiger partial charge is 0.229 e. The Morgan fingerprint density at radius 2 is 1.71 bits per heavy atom. The second kappa shape index (κ2) is 6.48. The van der Waals surface area contributed by atoms with Crippen molar-refractivity contribution < 1.29 is 9.59 Å². The Hall–Kier alpha value is -2.62. The summed E-state index contributed by atoms with van der Waals surface area (Å²) in [5.74, 6) is -0.411. The Kier molecular flexibility index (Phi) is 4.38. The lowest BCUT2D eigenvalue weighted by Crippen LogP contribution is -2.28. The molecule has 0 bridgehead atoms. The molecule has 124 valence electrons. The summed E-state index contributed by atoms with van der Waals surface area (Å²) in [6.07, 6.45) is 0.255. The van der Waals surface area contributed by atoms with Crippen LogP contribution < -0.4 is 10.2 Å². The lowest BCUT2D eigenvalue weighted by molar-refractivity contribution is -0.122. The van der Waals surface area contributed by atoms with Crippen LogP contribution in [0.4, 0.5) is 11.4 Å². The minimum Gasteiger partial charge on any atom is -0.326 e. The molecular weight excluding hydrogens is 300 g/mol. The summed E-state index contributed by atoms with van der Waals surface area (Å²) >= 11 is 0. The van der Waals surface area contributed by atoms with E-state index in [1.807, 2.05) is 63.2 Å². The molecule has 0 saturated carbocycles. The maximum absolute atomic E-state index is 12.5. The standard InChI is InChI=1S/C20H22N2O2/c1-13-5-8-17(9-6-13)21-20(24)16-11-19(23)22(12-16)18-10-14(2)4-7-15(18)3/h4-10,16H,11-12H2,1-3H3,(H,21,24). The number of nitrogens with zero attached hydrogens (tertiary/aromatic N) is 1. The predicted molar refractivity (Wildman–Crippen MR) is 96.2 cm³/mol. The first-order valence-electron chi connectivity index (χ1n) is 8.19. The quantitative estimate of drug-likeness (QED) is 0.938. The molecule has 2 amide bonds. The molecule has 1 N–H and O–H groups in total. The summed E-state index contributed by atoms with van der Waals surface area (Å²) in [4.78, 5) is 26.6. The Balaban J connectivity index is 1.73. The number of carbonyl (C=O) groups excluding carboxylic acids is 2. The topological polar surface area (TPSA) is 49.4 Å². The van der Waals surface area contributed by atoms with E-state index >= 15 is 0 Å². The van der Waals surface area contributed by atoms with Gasteiger partial charge in [0, 0.05) is 24.3 Å². The number of anilines is 2. The molecule has 1 saturated heterocycles. The molecule has 0 radical (unpaired) electrons. The van der Waals surface area contributed by atoms with Gasteiger partial charge in [0.05, 0.1) is 5.92 Å². The van der Waals surface area contributed by atoms with Crippen molar-refractivity contribution in [2.24, 2.45) is 5.92 Å². The second-order valence-electron chi connectivity index (χ2n) is 6.55.